The fourth-order valence-electron chi connectivity index (χ4n) is 4.34. The minimum absolute atomic E-state index is 0. The van der Waals surface area contributed by atoms with E-state index in [-0.39, 0.29) is 34.5 Å². The zero-order valence-electron chi connectivity index (χ0n) is 19.9. The third-order valence-electron chi connectivity index (χ3n) is 6.02. The van der Waals surface area contributed by atoms with Crippen LogP contribution in [0, 0.1) is 0 Å². The van der Waals surface area contributed by atoms with E-state index >= 15 is 0 Å². The van der Waals surface area contributed by atoms with Crippen molar-refractivity contribution in [1.29, 1.82) is 0 Å². The number of fused-ring (bicyclic) bond motifs is 1. The fourth-order valence-corrected chi connectivity index (χ4v) is 5.33. The van der Waals surface area contributed by atoms with Gasteiger partial charge in [-0.15, -0.1) is 0 Å². The third kappa shape index (κ3) is 9.55. The largest absolute Gasteiger partial charge is 1.00 e. The van der Waals surface area contributed by atoms with Crippen LogP contribution in [0.4, 0.5) is 0 Å². The van der Waals surface area contributed by atoms with E-state index in [0.717, 1.165) is 43.1 Å². The first-order valence-corrected chi connectivity index (χ1v) is 13.4. The van der Waals surface area contributed by atoms with Crippen molar-refractivity contribution in [3.05, 3.63) is 41.5 Å². The van der Waals surface area contributed by atoms with Crippen LogP contribution < -0.4 is 29.6 Å². The molecule has 0 saturated heterocycles. The Labute approximate surface area is 212 Å². The van der Waals surface area contributed by atoms with E-state index in [4.69, 9.17) is 0 Å². The fraction of sp³-hybridized carbons (Fsp3) is 0.615. The molecule has 0 radical (unpaired) electrons. The van der Waals surface area contributed by atoms with Crippen LogP contribution in [-0.4, -0.2) is 13.0 Å². The van der Waals surface area contributed by atoms with E-state index in [1.807, 2.05) is 30.3 Å². The van der Waals surface area contributed by atoms with Crippen molar-refractivity contribution >= 4 is 20.9 Å². The first-order valence-electron chi connectivity index (χ1n) is 12.0. The van der Waals surface area contributed by atoms with Gasteiger partial charge in [-0.2, -0.15) is 0 Å². The maximum Gasteiger partial charge on any atom is 1.00 e. The zero-order valence-corrected chi connectivity index (χ0v) is 22.7. The number of aryl methyl sites for hydroxylation is 2. The minimum Gasteiger partial charge on any atom is -0.744 e. The Morgan fingerprint density at radius 2 is 1.19 bits per heavy atom. The number of benzene rings is 2. The molecule has 0 aliphatic rings. The summed E-state index contributed by atoms with van der Waals surface area (Å²) in [4.78, 5) is 0.0372. The molecule has 0 N–H and O–H groups in total. The second kappa shape index (κ2) is 15.4. The molecule has 0 heterocycles. The predicted octanol–water partition coefficient (Wildman–Crippen LogP) is 4.55. The molecule has 0 fully saturated rings. The number of hydrogen-bond donors (Lipinski definition) is 0. The summed E-state index contributed by atoms with van der Waals surface area (Å²) in [6.45, 7) is 4.41. The second-order valence-electron chi connectivity index (χ2n) is 8.56. The molecule has 0 unspecified atom stereocenters. The molecule has 168 valence electrons. The Morgan fingerprint density at radius 3 is 1.74 bits per heavy atom. The topological polar surface area (TPSA) is 57.2 Å². The van der Waals surface area contributed by atoms with Crippen LogP contribution in [0.15, 0.2) is 35.2 Å². The Balaban J connectivity index is 0.00000480. The average molecular weight is 455 g/mol. The minimum atomic E-state index is -4.53. The Bertz CT molecular complexity index is 878. The molecule has 2 aromatic rings. The van der Waals surface area contributed by atoms with Gasteiger partial charge in [-0.1, -0.05) is 108 Å². The summed E-state index contributed by atoms with van der Waals surface area (Å²) in [5.41, 5.74) is 1.70. The predicted molar refractivity (Wildman–Crippen MR) is 126 cm³/mol. The van der Waals surface area contributed by atoms with Gasteiger partial charge >= 0.3 is 29.6 Å². The molecule has 2 aromatic carbocycles. The quantitative estimate of drug-likeness (QED) is 0.225. The Morgan fingerprint density at radius 1 is 0.677 bits per heavy atom. The molecule has 0 amide bonds. The summed E-state index contributed by atoms with van der Waals surface area (Å²) in [7, 11) is -4.53. The summed E-state index contributed by atoms with van der Waals surface area (Å²) in [5, 5.41) is 1.53. The van der Waals surface area contributed by atoms with Crippen molar-refractivity contribution in [3.8, 4) is 0 Å². The molecule has 5 heteroatoms. The monoisotopic (exact) mass is 454 g/mol. The molecule has 31 heavy (non-hydrogen) atoms. The van der Waals surface area contributed by atoms with Crippen molar-refractivity contribution in [2.24, 2.45) is 0 Å². The van der Waals surface area contributed by atoms with Gasteiger partial charge in [-0.3, -0.25) is 0 Å². The van der Waals surface area contributed by atoms with Gasteiger partial charge in [0.05, 0.1) is 4.90 Å². The van der Waals surface area contributed by atoms with E-state index < -0.39 is 10.1 Å². The van der Waals surface area contributed by atoms with Crippen LogP contribution in [0.25, 0.3) is 10.8 Å². The van der Waals surface area contributed by atoms with Crippen molar-refractivity contribution in [2.45, 2.75) is 109 Å². The SMILES string of the molecule is CCCCCCCCc1ccc2cccc(CCCCCCCC)c2c1S(=O)(=O)[O-].[Na+]. The van der Waals surface area contributed by atoms with Gasteiger partial charge in [0.1, 0.15) is 10.1 Å². The smallest absolute Gasteiger partial charge is 0.744 e. The number of rotatable bonds is 15. The second-order valence-corrected chi connectivity index (χ2v) is 9.88. The molecule has 0 bridgehead atoms. The summed E-state index contributed by atoms with van der Waals surface area (Å²) in [5.74, 6) is 0. The summed E-state index contributed by atoms with van der Waals surface area (Å²) >= 11 is 0. The molecule has 0 aliphatic carbocycles. The number of hydrogen-bond acceptors (Lipinski definition) is 3. The molecular formula is C26H39NaO3S. The maximum atomic E-state index is 12.3. The van der Waals surface area contributed by atoms with Crippen LogP contribution in [0.2, 0.25) is 0 Å². The molecule has 0 aromatic heterocycles. The van der Waals surface area contributed by atoms with Gasteiger partial charge in [-0.25, -0.2) is 8.42 Å². The maximum absolute atomic E-state index is 12.3. The van der Waals surface area contributed by atoms with Gasteiger partial charge in [0.25, 0.3) is 0 Å². The van der Waals surface area contributed by atoms with E-state index in [2.05, 4.69) is 13.8 Å². The molecule has 2 rings (SSSR count). The zero-order chi connectivity index (χ0) is 21.8. The Kier molecular flexibility index (Phi) is 14.3. The third-order valence-corrected chi connectivity index (χ3v) is 6.98. The van der Waals surface area contributed by atoms with E-state index in [0.29, 0.717) is 17.4 Å². The number of unbranched alkanes of at least 4 members (excludes halogenated alkanes) is 10. The standard InChI is InChI=1S/C26H40O3S.Na/c1-3-5-7-9-11-13-16-22-18-15-19-23-20-21-24(17-14-12-10-8-6-4-2)26(25(22)23)30(27,28)29;/h15,18-21H,3-14,16-17H2,1-2H3,(H,27,28,29);/q;+1/p-1. The molecule has 0 spiro atoms. The first-order chi connectivity index (χ1) is 14.5. The molecule has 3 nitrogen and oxygen atoms in total. The molecule has 0 saturated carbocycles. The van der Waals surface area contributed by atoms with E-state index in [9.17, 15) is 13.0 Å². The van der Waals surface area contributed by atoms with Crippen molar-refractivity contribution in [3.63, 3.8) is 0 Å². The molecule has 0 aliphatic heterocycles. The van der Waals surface area contributed by atoms with Crippen molar-refractivity contribution in [1.82, 2.24) is 0 Å². The summed E-state index contributed by atoms with van der Waals surface area (Å²) in [6, 6.07) is 9.74. The molecule has 0 atom stereocenters. The van der Waals surface area contributed by atoms with Gasteiger partial charge in [-0.05, 0) is 42.2 Å². The van der Waals surface area contributed by atoms with Crippen molar-refractivity contribution in [2.75, 3.05) is 0 Å². The summed E-state index contributed by atoms with van der Waals surface area (Å²) < 4.78 is 36.9. The van der Waals surface area contributed by atoms with Crippen LogP contribution in [0.5, 0.6) is 0 Å². The van der Waals surface area contributed by atoms with E-state index in [1.54, 1.807) is 0 Å². The molecular weight excluding hydrogens is 415 g/mol. The Hall–Kier alpha value is -0.390. The van der Waals surface area contributed by atoms with Crippen LogP contribution >= 0.6 is 0 Å². The average Bonchev–Trinajstić information content (AvgIpc) is 2.72. The van der Waals surface area contributed by atoms with Crippen LogP contribution in [0.3, 0.4) is 0 Å². The van der Waals surface area contributed by atoms with Gasteiger partial charge < -0.3 is 4.55 Å². The van der Waals surface area contributed by atoms with Gasteiger partial charge in [0.15, 0.2) is 0 Å². The van der Waals surface area contributed by atoms with Crippen LogP contribution in [-0.2, 0) is 23.0 Å². The van der Waals surface area contributed by atoms with Crippen molar-refractivity contribution < 1.29 is 42.5 Å². The van der Waals surface area contributed by atoms with E-state index in [1.165, 1.54) is 51.4 Å². The van der Waals surface area contributed by atoms with Crippen LogP contribution in [0.1, 0.15) is 102 Å². The normalized spacial score (nSPS) is 11.6. The van der Waals surface area contributed by atoms with Gasteiger partial charge in [0.2, 0.25) is 0 Å². The first kappa shape index (κ1) is 28.6. The summed E-state index contributed by atoms with van der Waals surface area (Å²) in [6.07, 6.45) is 15.5. The van der Waals surface area contributed by atoms with Gasteiger partial charge in [0, 0.05) is 5.39 Å².